The molecule has 0 aromatic heterocycles. The van der Waals surface area contributed by atoms with Gasteiger partial charge in [-0.15, -0.1) is 0 Å². The predicted molar refractivity (Wildman–Crippen MR) is 86.8 cm³/mol. The van der Waals surface area contributed by atoms with E-state index in [-0.39, 0.29) is 11.8 Å². The van der Waals surface area contributed by atoms with Gasteiger partial charge in [-0.25, -0.2) is 0 Å². The summed E-state index contributed by atoms with van der Waals surface area (Å²) in [6.45, 7) is 5.25. The molecule has 1 N–H and O–H groups in total. The van der Waals surface area contributed by atoms with Gasteiger partial charge in [0.25, 0.3) is 0 Å². The van der Waals surface area contributed by atoms with Crippen LogP contribution in [0.1, 0.15) is 45.4 Å². The average molecular weight is 323 g/mol. The van der Waals surface area contributed by atoms with E-state index in [1.165, 1.54) is 0 Å². The predicted octanol–water partition coefficient (Wildman–Crippen LogP) is 0.445. The number of rotatable bonds is 7. The number of nitrogens with zero attached hydrogens (tertiary/aromatic N) is 3. The van der Waals surface area contributed by atoms with E-state index in [9.17, 15) is 14.7 Å². The highest BCUT2D eigenvalue weighted by Crippen LogP contribution is 2.29. The molecule has 2 aliphatic heterocycles. The van der Waals surface area contributed by atoms with Crippen molar-refractivity contribution in [3.63, 3.8) is 0 Å². The number of carbonyl (C=O) groups is 2. The Labute approximate surface area is 138 Å². The second-order valence-corrected chi connectivity index (χ2v) is 7.29. The maximum Gasteiger partial charge on any atom is 0.222 e. The smallest absolute Gasteiger partial charge is 0.222 e. The quantitative estimate of drug-likeness (QED) is 0.739. The van der Waals surface area contributed by atoms with Crippen molar-refractivity contribution < 1.29 is 14.7 Å². The van der Waals surface area contributed by atoms with Crippen molar-refractivity contribution in [2.75, 3.05) is 32.7 Å². The first-order chi connectivity index (χ1) is 11.0. The molecule has 3 fully saturated rings. The van der Waals surface area contributed by atoms with E-state index in [0.717, 1.165) is 51.7 Å². The van der Waals surface area contributed by atoms with E-state index in [2.05, 4.69) is 4.90 Å². The van der Waals surface area contributed by atoms with Gasteiger partial charge in [-0.1, -0.05) is 0 Å². The Morgan fingerprint density at radius 2 is 2.04 bits per heavy atom. The fraction of sp³-hybridized carbons (Fsp3) is 0.882. The lowest BCUT2D eigenvalue weighted by Crippen LogP contribution is -2.47. The highest BCUT2D eigenvalue weighted by molar-refractivity contribution is 5.78. The van der Waals surface area contributed by atoms with E-state index < -0.39 is 6.10 Å². The van der Waals surface area contributed by atoms with E-state index in [1.807, 2.05) is 4.90 Å². The van der Waals surface area contributed by atoms with Crippen molar-refractivity contribution in [3.8, 4) is 0 Å². The van der Waals surface area contributed by atoms with Gasteiger partial charge in [-0.05, 0) is 38.6 Å². The van der Waals surface area contributed by atoms with Crippen LogP contribution in [0.5, 0.6) is 0 Å². The minimum atomic E-state index is -0.496. The molecular formula is C17H29N3O3. The topological polar surface area (TPSA) is 64.1 Å². The second-order valence-electron chi connectivity index (χ2n) is 7.29. The molecule has 2 atom stereocenters. The highest BCUT2D eigenvalue weighted by Gasteiger charge is 2.35. The van der Waals surface area contributed by atoms with Crippen LogP contribution < -0.4 is 0 Å². The van der Waals surface area contributed by atoms with Gasteiger partial charge in [0.15, 0.2) is 0 Å². The Hall–Kier alpha value is -1.14. The Bertz CT molecular complexity index is 452. The van der Waals surface area contributed by atoms with E-state index in [4.69, 9.17) is 0 Å². The van der Waals surface area contributed by atoms with Crippen molar-refractivity contribution in [2.45, 2.75) is 63.6 Å². The van der Waals surface area contributed by atoms with E-state index in [1.54, 1.807) is 11.8 Å². The molecule has 0 aromatic rings. The molecule has 3 rings (SSSR count). The fourth-order valence-electron chi connectivity index (χ4n) is 3.97. The number of hydrogen-bond donors (Lipinski definition) is 1. The van der Waals surface area contributed by atoms with Gasteiger partial charge in [-0.3, -0.25) is 14.5 Å². The van der Waals surface area contributed by atoms with Gasteiger partial charge in [0.05, 0.1) is 6.10 Å². The third kappa shape index (κ3) is 4.23. The van der Waals surface area contributed by atoms with Crippen molar-refractivity contribution in [3.05, 3.63) is 0 Å². The number of likely N-dealkylation sites (tertiary alicyclic amines) is 2. The molecule has 0 bridgehead atoms. The number of amides is 2. The molecular weight excluding hydrogens is 294 g/mol. The number of aliphatic hydroxyl groups excluding tert-OH is 1. The summed E-state index contributed by atoms with van der Waals surface area (Å²) in [5.74, 6) is 0.334. The third-order valence-electron chi connectivity index (χ3n) is 5.35. The zero-order chi connectivity index (χ0) is 16.4. The first-order valence-electron chi connectivity index (χ1n) is 9.01. The van der Waals surface area contributed by atoms with Gasteiger partial charge < -0.3 is 14.9 Å². The minimum absolute atomic E-state index is 0.165. The lowest BCUT2D eigenvalue weighted by Gasteiger charge is -2.32. The lowest BCUT2D eigenvalue weighted by atomic mass is 10.2. The summed E-state index contributed by atoms with van der Waals surface area (Å²) in [7, 11) is 0. The average Bonchev–Trinajstić information content (AvgIpc) is 3.12. The first kappa shape index (κ1) is 16.7. The Morgan fingerprint density at radius 3 is 2.65 bits per heavy atom. The van der Waals surface area contributed by atoms with Crippen molar-refractivity contribution in [1.29, 1.82) is 0 Å². The standard InChI is InChI=1S/C17H29N3O3/c1-13(21)20(14-6-7-14)10-15-4-2-8-18(15)11-16(22)12-19-9-3-5-17(19)23/h14-16,22H,2-12H2,1H3/t15-,16+/m1/s1. The summed E-state index contributed by atoms with van der Waals surface area (Å²) in [5, 5.41) is 10.4. The zero-order valence-corrected chi connectivity index (χ0v) is 14.1. The van der Waals surface area contributed by atoms with Gasteiger partial charge in [0, 0.05) is 51.6 Å². The maximum absolute atomic E-state index is 11.8. The van der Waals surface area contributed by atoms with Crippen LogP contribution in [0.4, 0.5) is 0 Å². The SMILES string of the molecule is CC(=O)N(C[C@H]1CCCN1C[C@H](O)CN1CCCC1=O)C1CC1. The highest BCUT2D eigenvalue weighted by atomic mass is 16.3. The van der Waals surface area contributed by atoms with Crippen LogP contribution in [-0.4, -0.2) is 82.5 Å². The van der Waals surface area contributed by atoms with Gasteiger partial charge in [0.2, 0.25) is 11.8 Å². The molecule has 1 aliphatic carbocycles. The van der Waals surface area contributed by atoms with Crippen molar-refractivity contribution in [2.24, 2.45) is 0 Å². The van der Waals surface area contributed by atoms with Crippen LogP contribution in [0.2, 0.25) is 0 Å². The van der Waals surface area contributed by atoms with Crippen LogP contribution in [0.3, 0.4) is 0 Å². The molecule has 0 unspecified atom stereocenters. The molecule has 2 heterocycles. The van der Waals surface area contributed by atoms with Gasteiger partial charge in [-0.2, -0.15) is 0 Å². The van der Waals surface area contributed by atoms with E-state index >= 15 is 0 Å². The van der Waals surface area contributed by atoms with Crippen molar-refractivity contribution in [1.82, 2.24) is 14.7 Å². The summed E-state index contributed by atoms with van der Waals surface area (Å²) >= 11 is 0. The van der Waals surface area contributed by atoms with E-state index in [0.29, 0.717) is 31.6 Å². The summed E-state index contributed by atoms with van der Waals surface area (Å²) in [5.41, 5.74) is 0. The fourth-order valence-corrected chi connectivity index (χ4v) is 3.97. The largest absolute Gasteiger partial charge is 0.390 e. The first-order valence-corrected chi connectivity index (χ1v) is 9.01. The van der Waals surface area contributed by atoms with Crippen LogP contribution >= 0.6 is 0 Å². The van der Waals surface area contributed by atoms with Gasteiger partial charge >= 0.3 is 0 Å². The van der Waals surface area contributed by atoms with Gasteiger partial charge in [0.1, 0.15) is 0 Å². The molecule has 0 aromatic carbocycles. The summed E-state index contributed by atoms with van der Waals surface area (Å²) < 4.78 is 0. The molecule has 0 radical (unpaired) electrons. The zero-order valence-electron chi connectivity index (χ0n) is 14.1. The second kappa shape index (κ2) is 7.18. The maximum atomic E-state index is 11.8. The Balaban J connectivity index is 1.49. The molecule has 2 saturated heterocycles. The monoisotopic (exact) mass is 323 g/mol. The number of aliphatic hydroxyl groups is 1. The molecule has 6 nitrogen and oxygen atoms in total. The van der Waals surface area contributed by atoms with Crippen LogP contribution in [0.25, 0.3) is 0 Å². The summed E-state index contributed by atoms with van der Waals surface area (Å²) in [6.07, 6.45) is 5.51. The minimum Gasteiger partial charge on any atom is -0.390 e. The normalized spacial score (nSPS) is 26.8. The van der Waals surface area contributed by atoms with Crippen molar-refractivity contribution >= 4 is 11.8 Å². The third-order valence-corrected chi connectivity index (χ3v) is 5.35. The molecule has 0 spiro atoms. The summed E-state index contributed by atoms with van der Waals surface area (Å²) in [6, 6.07) is 0.797. The van der Waals surface area contributed by atoms with Crippen LogP contribution in [0, 0.1) is 0 Å². The Kier molecular flexibility index (Phi) is 5.21. The number of carbonyl (C=O) groups excluding carboxylic acids is 2. The number of hydrogen-bond acceptors (Lipinski definition) is 4. The molecule has 6 heteroatoms. The summed E-state index contributed by atoms with van der Waals surface area (Å²) in [4.78, 5) is 29.6. The number of β-amino-alcohol motifs (C(OH)–C–C–N with tert-alkyl or cyclic N) is 1. The molecule has 3 aliphatic rings. The molecule has 23 heavy (non-hydrogen) atoms. The van der Waals surface area contributed by atoms with Crippen LogP contribution in [0.15, 0.2) is 0 Å². The Morgan fingerprint density at radius 1 is 1.26 bits per heavy atom. The molecule has 130 valence electrons. The van der Waals surface area contributed by atoms with Crippen LogP contribution in [-0.2, 0) is 9.59 Å². The lowest BCUT2D eigenvalue weighted by molar-refractivity contribution is -0.131. The molecule has 2 amide bonds. The molecule has 1 saturated carbocycles.